The highest BCUT2D eigenvalue weighted by atomic mass is 32.2. The van der Waals surface area contributed by atoms with E-state index in [0.29, 0.717) is 22.7 Å². The Hall–Kier alpha value is -2.78. The summed E-state index contributed by atoms with van der Waals surface area (Å²) in [5.41, 5.74) is 3.12. The van der Waals surface area contributed by atoms with E-state index in [1.165, 1.54) is 11.8 Å². The first-order chi connectivity index (χ1) is 12.1. The van der Waals surface area contributed by atoms with Gasteiger partial charge in [0, 0.05) is 23.1 Å². The topological polar surface area (TPSA) is 71.8 Å². The lowest BCUT2D eigenvalue weighted by Crippen LogP contribution is -2.07. The number of Topliss-reactive ketones (excluding diaryl/α,β-unsaturated/α-hetero) is 1. The van der Waals surface area contributed by atoms with E-state index in [9.17, 15) is 4.79 Å². The summed E-state index contributed by atoms with van der Waals surface area (Å²) in [6, 6.07) is 11.2. The lowest BCUT2D eigenvalue weighted by molar-refractivity contribution is 0.102. The number of carbonyl (C=O) groups excluding carboxylic acids is 1. The van der Waals surface area contributed by atoms with Crippen LogP contribution < -0.4 is 0 Å². The van der Waals surface area contributed by atoms with E-state index < -0.39 is 0 Å². The van der Waals surface area contributed by atoms with Crippen molar-refractivity contribution < 1.29 is 9.21 Å². The molecule has 126 valence electrons. The molecule has 0 radical (unpaired) electrons. The number of aryl methyl sites for hydroxylation is 1. The second-order valence-electron chi connectivity index (χ2n) is 5.63. The molecular formula is C19H17N3O2S. The largest absolute Gasteiger partial charge is 0.467 e. The zero-order valence-electron chi connectivity index (χ0n) is 14.0. The second kappa shape index (κ2) is 7.41. The van der Waals surface area contributed by atoms with Crippen molar-refractivity contribution in [3.8, 4) is 6.07 Å². The van der Waals surface area contributed by atoms with Crippen molar-refractivity contribution in [3.05, 3.63) is 71.1 Å². The van der Waals surface area contributed by atoms with E-state index >= 15 is 0 Å². The van der Waals surface area contributed by atoms with E-state index in [2.05, 4.69) is 15.6 Å². The SMILES string of the molecule is Cc1cc(C(=O)CSc2ncccc2C#N)c(C)n1Cc1ccco1. The predicted octanol–water partition coefficient (Wildman–Crippen LogP) is 3.99. The standard InChI is InChI=1S/C19H17N3O2S/c1-13-9-17(14(2)22(13)11-16-6-4-8-24-16)18(23)12-25-19-15(10-20)5-3-7-21-19/h3-9H,11-12H2,1-2H3. The summed E-state index contributed by atoms with van der Waals surface area (Å²) >= 11 is 1.29. The Morgan fingerprint density at radius 2 is 2.20 bits per heavy atom. The van der Waals surface area contributed by atoms with Crippen LogP contribution in [0.2, 0.25) is 0 Å². The van der Waals surface area contributed by atoms with E-state index in [0.717, 1.165) is 17.1 Å². The van der Waals surface area contributed by atoms with Crippen LogP contribution in [-0.4, -0.2) is 21.1 Å². The number of rotatable bonds is 6. The molecule has 0 aliphatic heterocycles. The van der Waals surface area contributed by atoms with Gasteiger partial charge in [-0.25, -0.2) is 4.98 Å². The first-order valence-electron chi connectivity index (χ1n) is 7.80. The number of aromatic nitrogens is 2. The number of pyridine rings is 1. The van der Waals surface area contributed by atoms with E-state index in [1.807, 2.05) is 32.0 Å². The van der Waals surface area contributed by atoms with Gasteiger partial charge >= 0.3 is 0 Å². The molecule has 0 aliphatic carbocycles. The van der Waals surface area contributed by atoms with Gasteiger partial charge in [0.2, 0.25) is 0 Å². The van der Waals surface area contributed by atoms with Crippen molar-refractivity contribution >= 4 is 17.5 Å². The smallest absolute Gasteiger partial charge is 0.174 e. The Balaban J connectivity index is 1.75. The summed E-state index contributed by atoms with van der Waals surface area (Å²) in [6.07, 6.45) is 3.27. The normalized spacial score (nSPS) is 10.6. The molecule has 0 bridgehead atoms. The Labute approximate surface area is 150 Å². The molecule has 5 nitrogen and oxygen atoms in total. The van der Waals surface area contributed by atoms with Crippen molar-refractivity contribution in [1.82, 2.24) is 9.55 Å². The van der Waals surface area contributed by atoms with Crippen LogP contribution in [0.3, 0.4) is 0 Å². The van der Waals surface area contributed by atoms with Gasteiger partial charge in [-0.05, 0) is 44.2 Å². The molecule has 0 N–H and O–H groups in total. The molecule has 0 saturated carbocycles. The molecule has 0 aromatic carbocycles. The predicted molar refractivity (Wildman–Crippen MR) is 95.7 cm³/mol. The summed E-state index contributed by atoms with van der Waals surface area (Å²) < 4.78 is 7.47. The third-order valence-corrected chi connectivity index (χ3v) is 5.00. The lowest BCUT2D eigenvalue weighted by atomic mass is 10.2. The highest BCUT2D eigenvalue weighted by molar-refractivity contribution is 8.00. The van der Waals surface area contributed by atoms with Gasteiger partial charge in [0.05, 0.1) is 24.1 Å². The molecule has 0 saturated heterocycles. The number of nitrogens with zero attached hydrogens (tertiary/aromatic N) is 3. The number of ketones is 1. The molecule has 3 aromatic heterocycles. The van der Waals surface area contributed by atoms with Crippen molar-refractivity contribution in [2.45, 2.75) is 25.4 Å². The fraction of sp³-hybridized carbons (Fsp3) is 0.211. The Morgan fingerprint density at radius 3 is 2.92 bits per heavy atom. The zero-order valence-corrected chi connectivity index (χ0v) is 14.8. The van der Waals surface area contributed by atoms with E-state index in [4.69, 9.17) is 9.68 Å². The van der Waals surface area contributed by atoms with E-state index in [1.54, 1.807) is 24.6 Å². The number of hydrogen-bond acceptors (Lipinski definition) is 5. The van der Waals surface area contributed by atoms with Crippen molar-refractivity contribution in [2.24, 2.45) is 0 Å². The quantitative estimate of drug-likeness (QED) is 0.496. The summed E-state index contributed by atoms with van der Waals surface area (Å²) in [7, 11) is 0. The van der Waals surface area contributed by atoms with Crippen LogP contribution in [0.1, 0.15) is 33.1 Å². The van der Waals surface area contributed by atoms with Crippen LogP contribution in [-0.2, 0) is 6.54 Å². The van der Waals surface area contributed by atoms with Gasteiger partial charge in [-0.2, -0.15) is 5.26 Å². The fourth-order valence-electron chi connectivity index (χ4n) is 2.69. The van der Waals surface area contributed by atoms with Gasteiger partial charge in [-0.3, -0.25) is 4.79 Å². The second-order valence-corrected chi connectivity index (χ2v) is 6.59. The third kappa shape index (κ3) is 3.67. The Bertz CT molecular complexity index is 936. The minimum atomic E-state index is 0.0262. The first-order valence-corrected chi connectivity index (χ1v) is 8.79. The molecule has 3 rings (SSSR count). The van der Waals surface area contributed by atoms with Crippen LogP contribution in [0, 0.1) is 25.2 Å². The molecule has 3 heterocycles. The van der Waals surface area contributed by atoms with E-state index in [-0.39, 0.29) is 11.5 Å². The summed E-state index contributed by atoms with van der Waals surface area (Å²) in [4.78, 5) is 16.8. The monoisotopic (exact) mass is 351 g/mol. The van der Waals surface area contributed by atoms with Crippen LogP contribution in [0.25, 0.3) is 0 Å². The fourth-order valence-corrected chi connectivity index (χ4v) is 3.52. The average molecular weight is 351 g/mol. The molecule has 0 amide bonds. The van der Waals surface area contributed by atoms with Crippen LogP contribution in [0.15, 0.2) is 52.2 Å². The minimum Gasteiger partial charge on any atom is -0.467 e. The maximum absolute atomic E-state index is 12.6. The van der Waals surface area contributed by atoms with Crippen LogP contribution in [0.4, 0.5) is 0 Å². The lowest BCUT2D eigenvalue weighted by Gasteiger charge is -2.08. The highest BCUT2D eigenvalue weighted by Crippen LogP contribution is 2.23. The van der Waals surface area contributed by atoms with Crippen LogP contribution >= 0.6 is 11.8 Å². The first kappa shape index (κ1) is 17.1. The Kier molecular flexibility index (Phi) is 5.05. The van der Waals surface area contributed by atoms with Gasteiger partial charge in [-0.15, -0.1) is 0 Å². The summed E-state index contributed by atoms with van der Waals surface area (Å²) in [5, 5.41) is 9.69. The minimum absolute atomic E-state index is 0.0262. The zero-order chi connectivity index (χ0) is 17.8. The highest BCUT2D eigenvalue weighted by Gasteiger charge is 2.17. The Morgan fingerprint density at radius 1 is 1.36 bits per heavy atom. The van der Waals surface area contributed by atoms with Gasteiger partial charge in [0.25, 0.3) is 0 Å². The van der Waals surface area contributed by atoms with Crippen molar-refractivity contribution in [2.75, 3.05) is 5.75 Å². The summed E-state index contributed by atoms with van der Waals surface area (Å²) in [5.74, 6) is 1.12. The summed E-state index contributed by atoms with van der Waals surface area (Å²) in [6.45, 7) is 4.52. The molecule has 0 unspecified atom stereocenters. The number of hydrogen-bond donors (Lipinski definition) is 0. The third-order valence-electron chi connectivity index (χ3n) is 4.00. The van der Waals surface area contributed by atoms with Gasteiger partial charge in [0.15, 0.2) is 5.78 Å². The molecule has 6 heteroatoms. The van der Waals surface area contributed by atoms with Crippen LogP contribution in [0.5, 0.6) is 0 Å². The maximum Gasteiger partial charge on any atom is 0.174 e. The van der Waals surface area contributed by atoms with Crippen molar-refractivity contribution in [1.29, 1.82) is 5.26 Å². The van der Waals surface area contributed by atoms with Gasteiger partial charge in [0.1, 0.15) is 16.9 Å². The number of carbonyl (C=O) groups is 1. The molecule has 0 aliphatic rings. The number of nitriles is 1. The molecule has 25 heavy (non-hydrogen) atoms. The number of furan rings is 1. The molecule has 0 spiro atoms. The average Bonchev–Trinajstić information content (AvgIpc) is 3.23. The molecular weight excluding hydrogens is 334 g/mol. The molecule has 0 atom stereocenters. The number of thioether (sulfide) groups is 1. The van der Waals surface area contributed by atoms with Gasteiger partial charge < -0.3 is 8.98 Å². The van der Waals surface area contributed by atoms with Crippen molar-refractivity contribution in [3.63, 3.8) is 0 Å². The maximum atomic E-state index is 12.6. The molecule has 3 aromatic rings. The van der Waals surface area contributed by atoms with Gasteiger partial charge in [-0.1, -0.05) is 11.8 Å². The molecule has 0 fully saturated rings.